The lowest BCUT2D eigenvalue weighted by molar-refractivity contribution is 0.120. The summed E-state index contributed by atoms with van der Waals surface area (Å²) in [6.45, 7) is 8.32. The highest BCUT2D eigenvalue weighted by molar-refractivity contribution is 5.74. The second-order valence-electron chi connectivity index (χ2n) is 7.45. The van der Waals surface area contributed by atoms with Crippen molar-refractivity contribution in [3.63, 3.8) is 0 Å². The van der Waals surface area contributed by atoms with Crippen LogP contribution in [0.15, 0.2) is 24.5 Å². The molecule has 5 heteroatoms. The van der Waals surface area contributed by atoms with Gasteiger partial charge in [-0.1, -0.05) is 6.92 Å². The number of aromatic nitrogens is 1. The van der Waals surface area contributed by atoms with E-state index in [0.29, 0.717) is 12.5 Å². The number of likely N-dealkylation sites (tertiary alicyclic amines) is 2. The molecule has 0 radical (unpaired) electrons. The van der Waals surface area contributed by atoms with Crippen LogP contribution in [-0.2, 0) is 6.54 Å². The van der Waals surface area contributed by atoms with Crippen molar-refractivity contribution in [3.05, 3.63) is 30.1 Å². The largest absolute Gasteiger partial charge is 0.334 e. The van der Waals surface area contributed by atoms with Crippen molar-refractivity contribution in [3.8, 4) is 0 Å². The molecule has 0 spiro atoms. The van der Waals surface area contributed by atoms with Gasteiger partial charge in [0.2, 0.25) is 0 Å². The quantitative estimate of drug-likeness (QED) is 0.923. The van der Waals surface area contributed by atoms with Crippen LogP contribution in [0.3, 0.4) is 0 Å². The summed E-state index contributed by atoms with van der Waals surface area (Å²) >= 11 is 0. The van der Waals surface area contributed by atoms with Crippen molar-refractivity contribution in [2.24, 2.45) is 11.8 Å². The Balaban J connectivity index is 1.43. The van der Waals surface area contributed by atoms with Gasteiger partial charge < -0.3 is 15.1 Å². The smallest absolute Gasteiger partial charge is 0.317 e. The van der Waals surface area contributed by atoms with Crippen molar-refractivity contribution in [1.82, 2.24) is 20.1 Å². The highest BCUT2D eigenvalue weighted by Crippen LogP contribution is 2.21. The lowest BCUT2D eigenvalue weighted by Crippen LogP contribution is -2.48. The van der Waals surface area contributed by atoms with Crippen LogP contribution < -0.4 is 5.32 Å². The van der Waals surface area contributed by atoms with E-state index in [1.54, 1.807) is 12.4 Å². The average Bonchev–Trinajstić information content (AvgIpc) is 2.63. The molecule has 2 fully saturated rings. The zero-order valence-corrected chi connectivity index (χ0v) is 14.8. The van der Waals surface area contributed by atoms with Crippen LogP contribution in [0, 0.1) is 11.8 Å². The third kappa shape index (κ3) is 4.94. The number of piperidine rings is 2. The molecular weight excluding hydrogens is 300 g/mol. The molecule has 1 aromatic rings. The van der Waals surface area contributed by atoms with E-state index in [4.69, 9.17) is 0 Å². The van der Waals surface area contributed by atoms with E-state index in [2.05, 4.69) is 22.1 Å². The van der Waals surface area contributed by atoms with Crippen molar-refractivity contribution >= 4 is 6.03 Å². The van der Waals surface area contributed by atoms with Crippen LogP contribution in [-0.4, -0.2) is 53.5 Å². The molecule has 1 N–H and O–H groups in total. The summed E-state index contributed by atoms with van der Waals surface area (Å²) in [6.07, 6.45) is 8.54. The zero-order valence-electron chi connectivity index (χ0n) is 14.8. The van der Waals surface area contributed by atoms with E-state index in [9.17, 15) is 4.79 Å². The summed E-state index contributed by atoms with van der Waals surface area (Å²) in [5.41, 5.74) is 1.09. The molecule has 0 saturated carbocycles. The minimum Gasteiger partial charge on any atom is -0.334 e. The molecule has 2 saturated heterocycles. The molecule has 2 aliphatic heterocycles. The fourth-order valence-electron chi connectivity index (χ4n) is 3.80. The summed E-state index contributed by atoms with van der Waals surface area (Å²) in [7, 11) is 0. The molecular formula is C19H30N4O. The summed E-state index contributed by atoms with van der Waals surface area (Å²) in [5.74, 6) is 1.50. The van der Waals surface area contributed by atoms with E-state index >= 15 is 0 Å². The third-order valence-electron chi connectivity index (χ3n) is 5.39. The molecule has 2 amide bonds. The highest BCUT2D eigenvalue weighted by atomic mass is 16.2. The third-order valence-corrected chi connectivity index (χ3v) is 5.39. The molecule has 3 heterocycles. The van der Waals surface area contributed by atoms with Gasteiger partial charge in [0, 0.05) is 38.6 Å². The van der Waals surface area contributed by atoms with Crippen molar-refractivity contribution in [2.45, 2.75) is 39.2 Å². The molecule has 0 bridgehead atoms. The van der Waals surface area contributed by atoms with Gasteiger partial charge in [0.25, 0.3) is 0 Å². The SMILES string of the molecule is CC1CCN(C[C@H]2CCCN(C(=O)NCc3ccncc3)C2)CC1. The first-order valence-electron chi connectivity index (χ1n) is 9.34. The van der Waals surface area contributed by atoms with Crippen LogP contribution >= 0.6 is 0 Å². The van der Waals surface area contributed by atoms with Crippen LogP contribution in [0.1, 0.15) is 38.2 Å². The van der Waals surface area contributed by atoms with Gasteiger partial charge in [-0.25, -0.2) is 4.79 Å². The van der Waals surface area contributed by atoms with Gasteiger partial charge in [-0.2, -0.15) is 0 Å². The number of urea groups is 1. The molecule has 3 rings (SSSR count). The lowest BCUT2D eigenvalue weighted by Gasteiger charge is -2.37. The Bertz CT molecular complexity index is 513. The standard InChI is InChI=1S/C19H30N4O/c1-16-6-11-22(12-7-16)14-18-3-2-10-23(15-18)19(24)21-13-17-4-8-20-9-5-17/h4-5,8-9,16,18H,2-3,6-7,10-15H2,1H3,(H,21,24)/t18-/m1/s1. The molecule has 5 nitrogen and oxygen atoms in total. The summed E-state index contributed by atoms with van der Waals surface area (Å²) in [4.78, 5) is 21.0. The number of rotatable bonds is 4. The van der Waals surface area contributed by atoms with Crippen molar-refractivity contribution in [2.75, 3.05) is 32.7 Å². The van der Waals surface area contributed by atoms with E-state index < -0.39 is 0 Å². The van der Waals surface area contributed by atoms with E-state index in [1.807, 2.05) is 17.0 Å². The topological polar surface area (TPSA) is 48.5 Å². The number of nitrogens with one attached hydrogen (secondary N) is 1. The Morgan fingerprint density at radius 2 is 1.96 bits per heavy atom. The minimum absolute atomic E-state index is 0.0729. The summed E-state index contributed by atoms with van der Waals surface area (Å²) in [6, 6.07) is 3.96. The fraction of sp³-hybridized carbons (Fsp3) is 0.684. The number of nitrogens with zero attached hydrogens (tertiary/aromatic N) is 3. The fourth-order valence-corrected chi connectivity index (χ4v) is 3.80. The first-order chi connectivity index (χ1) is 11.7. The molecule has 0 aromatic carbocycles. The van der Waals surface area contributed by atoms with E-state index in [-0.39, 0.29) is 6.03 Å². The average molecular weight is 330 g/mol. The zero-order chi connectivity index (χ0) is 16.8. The van der Waals surface area contributed by atoms with Crippen LogP contribution in [0.25, 0.3) is 0 Å². The van der Waals surface area contributed by atoms with Crippen LogP contribution in [0.2, 0.25) is 0 Å². The summed E-state index contributed by atoms with van der Waals surface area (Å²) in [5, 5.41) is 3.04. The maximum atomic E-state index is 12.4. The van der Waals surface area contributed by atoms with E-state index in [0.717, 1.165) is 37.5 Å². The maximum absolute atomic E-state index is 12.4. The van der Waals surface area contributed by atoms with Gasteiger partial charge in [0.1, 0.15) is 0 Å². The number of hydrogen-bond donors (Lipinski definition) is 1. The van der Waals surface area contributed by atoms with Crippen molar-refractivity contribution < 1.29 is 4.79 Å². The Labute approximate surface area is 145 Å². The van der Waals surface area contributed by atoms with Gasteiger partial charge in [-0.3, -0.25) is 4.98 Å². The van der Waals surface area contributed by atoms with Gasteiger partial charge in [0.15, 0.2) is 0 Å². The van der Waals surface area contributed by atoms with Gasteiger partial charge in [0.05, 0.1) is 0 Å². The van der Waals surface area contributed by atoms with E-state index in [1.165, 1.54) is 32.4 Å². The molecule has 132 valence electrons. The van der Waals surface area contributed by atoms with Gasteiger partial charge >= 0.3 is 6.03 Å². The number of pyridine rings is 1. The minimum atomic E-state index is 0.0729. The Kier molecular flexibility index (Phi) is 6.07. The molecule has 1 atom stereocenters. The lowest BCUT2D eigenvalue weighted by atomic mass is 9.94. The van der Waals surface area contributed by atoms with Gasteiger partial charge in [-0.15, -0.1) is 0 Å². The predicted molar refractivity (Wildman–Crippen MR) is 95.6 cm³/mol. The molecule has 0 aliphatic carbocycles. The van der Waals surface area contributed by atoms with Gasteiger partial charge in [-0.05, 0) is 68.3 Å². The first-order valence-corrected chi connectivity index (χ1v) is 9.34. The monoisotopic (exact) mass is 330 g/mol. The second kappa shape index (κ2) is 8.47. The normalized spacial score (nSPS) is 23.2. The predicted octanol–water partition coefficient (Wildman–Crippen LogP) is 2.74. The Morgan fingerprint density at radius 3 is 2.71 bits per heavy atom. The second-order valence-corrected chi connectivity index (χ2v) is 7.45. The first kappa shape index (κ1) is 17.2. The summed E-state index contributed by atoms with van der Waals surface area (Å²) < 4.78 is 0. The number of hydrogen-bond acceptors (Lipinski definition) is 3. The number of amides is 2. The molecule has 1 aromatic heterocycles. The molecule has 0 unspecified atom stereocenters. The number of carbonyl (C=O) groups excluding carboxylic acids is 1. The highest BCUT2D eigenvalue weighted by Gasteiger charge is 2.26. The maximum Gasteiger partial charge on any atom is 0.317 e. The van der Waals surface area contributed by atoms with Crippen LogP contribution in [0.5, 0.6) is 0 Å². The molecule has 24 heavy (non-hydrogen) atoms. The van der Waals surface area contributed by atoms with Crippen LogP contribution in [0.4, 0.5) is 4.79 Å². The Hall–Kier alpha value is -1.62. The molecule has 2 aliphatic rings. The number of carbonyl (C=O) groups is 1. The Morgan fingerprint density at radius 1 is 1.21 bits per heavy atom. The van der Waals surface area contributed by atoms with Crippen molar-refractivity contribution in [1.29, 1.82) is 0 Å².